The Morgan fingerprint density at radius 3 is 2.61 bits per heavy atom. The number of nitrogens with one attached hydrogen (secondary N) is 2. The van der Waals surface area contributed by atoms with Gasteiger partial charge in [0.15, 0.2) is 17.5 Å². The molecule has 0 unspecified atom stereocenters. The summed E-state index contributed by atoms with van der Waals surface area (Å²) in [4.78, 5) is 4.51. The van der Waals surface area contributed by atoms with Crippen molar-refractivity contribution in [3.05, 3.63) is 40.8 Å². The highest BCUT2D eigenvalue weighted by atomic mass is 127. The van der Waals surface area contributed by atoms with Gasteiger partial charge in [0.1, 0.15) is 5.76 Å². The summed E-state index contributed by atoms with van der Waals surface area (Å²) >= 11 is 0. The van der Waals surface area contributed by atoms with Crippen molar-refractivity contribution in [2.24, 2.45) is 4.99 Å². The number of hydrogen-bond donors (Lipinski definition) is 2. The molecule has 31 heavy (non-hydrogen) atoms. The Balaban J connectivity index is 0.00000480. The number of hydrogen-bond acceptors (Lipinski definition) is 5. The number of guanidine groups is 1. The van der Waals surface area contributed by atoms with Crippen molar-refractivity contribution in [3.8, 4) is 11.5 Å². The third-order valence-corrected chi connectivity index (χ3v) is 4.40. The topological polar surface area (TPSA) is 80.9 Å². The number of para-hydroxylation sites is 1. The quantitative estimate of drug-likeness (QED) is 0.184. The van der Waals surface area contributed by atoms with Crippen LogP contribution in [0.25, 0.3) is 0 Å². The minimum atomic E-state index is -2.94. The fourth-order valence-corrected chi connectivity index (χ4v) is 3.01. The molecule has 0 spiro atoms. The minimum Gasteiger partial charge on any atom is -0.490 e. The minimum absolute atomic E-state index is 0. The van der Waals surface area contributed by atoms with E-state index in [1.807, 2.05) is 20.8 Å². The third-order valence-electron chi connectivity index (χ3n) is 4.40. The van der Waals surface area contributed by atoms with Gasteiger partial charge in [-0.3, -0.25) is 0 Å². The third kappa shape index (κ3) is 8.50. The van der Waals surface area contributed by atoms with Crippen LogP contribution in [-0.2, 0) is 13.0 Å². The van der Waals surface area contributed by atoms with Crippen molar-refractivity contribution < 1.29 is 22.8 Å². The van der Waals surface area contributed by atoms with E-state index in [2.05, 4.69) is 20.8 Å². The number of ether oxygens (including phenoxy) is 2. The summed E-state index contributed by atoms with van der Waals surface area (Å²) in [6.07, 6.45) is 1.71. The van der Waals surface area contributed by atoms with Crippen molar-refractivity contribution in [2.45, 2.75) is 53.7 Å². The van der Waals surface area contributed by atoms with E-state index in [4.69, 9.17) is 14.0 Å². The first-order valence-electron chi connectivity index (χ1n) is 10.1. The Hall–Kier alpha value is -2.11. The van der Waals surface area contributed by atoms with E-state index in [1.54, 1.807) is 25.1 Å². The Morgan fingerprint density at radius 1 is 1.23 bits per heavy atom. The molecule has 2 aromatic rings. The lowest BCUT2D eigenvalue weighted by molar-refractivity contribution is -0.0520. The largest absolute Gasteiger partial charge is 0.490 e. The summed E-state index contributed by atoms with van der Waals surface area (Å²) in [5.41, 5.74) is 2.56. The Morgan fingerprint density at radius 2 is 2.00 bits per heavy atom. The van der Waals surface area contributed by atoms with E-state index in [0.29, 0.717) is 31.2 Å². The van der Waals surface area contributed by atoms with Crippen molar-refractivity contribution in [1.82, 2.24) is 15.8 Å². The maximum atomic E-state index is 12.9. The SMILES string of the molecule is CCNC(=NCc1cccc(OCC)c1OC(F)F)NCCCc1c(C)noc1C.I. The lowest BCUT2D eigenvalue weighted by Gasteiger charge is -2.15. The number of benzene rings is 1. The Kier molecular flexibility index (Phi) is 12.2. The summed E-state index contributed by atoms with van der Waals surface area (Å²) in [5, 5.41) is 10.4. The van der Waals surface area contributed by atoms with Gasteiger partial charge >= 0.3 is 6.61 Å². The van der Waals surface area contributed by atoms with Crippen molar-refractivity contribution in [2.75, 3.05) is 19.7 Å². The highest BCUT2D eigenvalue weighted by Crippen LogP contribution is 2.33. The predicted molar refractivity (Wildman–Crippen MR) is 127 cm³/mol. The first-order chi connectivity index (χ1) is 14.5. The highest BCUT2D eigenvalue weighted by molar-refractivity contribution is 14.0. The van der Waals surface area contributed by atoms with Crippen LogP contribution in [-0.4, -0.2) is 37.4 Å². The zero-order chi connectivity index (χ0) is 21.9. The summed E-state index contributed by atoms with van der Waals surface area (Å²) in [7, 11) is 0. The molecule has 7 nitrogen and oxygen atoms in total. The number of nitrogens with zero attached hydrogens (tertiary/aromatic N) is 2. The van der Waals surface area contributed by atoms with Crippen LogP contribution in [0, 0.1) is 13.8 Å². The average molecular weight is 552 g/mol. The number of aryl methyl sites for hydroxylation is 2. The maximum absolute atomic E-state index is 12.9. The second kappa shape index (κ2) is 14.0. The second-order valence-electron chi connectivity index (χ2n) is 6.58. The molecule has 174 valence electrons. The Labute approximate surface area is 199 Å². The van der Waals surface area contributed by atoms with Gasteiger partial charge in [-0.25, -0.2) is 4.99 Å². The van der Waals surface area contributed by atoms with Crippen LogP contribution in [0.3, 0.4) is 0 Å². The molecule has 10 heteroatoms. The molecule has 0 radical (unpaired) electrons. The first kappa shape index (κ1) is 26.9. The van der Waals surface area contributed by atoms with Gasteiger partial charge in [0.25, 0.3) is 0 Å². The number of alkyl halides is 2. The van der Waals surface area contributed by atoms with Crippen LogP contribution in [0.2, 0.25) is 0 Å². The molecule has 1 aromatic carbocycles. The van der Waals surface area contributed by atoms with E-state index in [-0.39, 0.29) is 42.0 Å². The molecule has 0 saturated heterocycles. The van der Waals surface area contributed by atoms with Crippen LogP contribution in [0.5, 0.6) is 11.5 Å². The average Bonchev–Trinajstić information content (AvgIpc) is 3.02. The summed E-state index contributed by atoms with van der Waals surface area (Å²) < 4.78 is 41.0. The number of halogens is 3. The summed E-state index contributed by atoms with van der Waals surface area (Å²) in [6.45, 7) is 6.53. The van der Waals surface area contributed by atoms with Gasteiger partial charge < -0.3 is 24.6 Å². The van der Waals surface area contributed by atoms with Gasteiger partial charge in [-0.2, -0.15) is 8.78 Å². The standard InChI is InChI=1S/C21H30F2N4O3.HI/c1-5-24-21(25-12-8-10-17-14(3)27-30-15(17)4)26-13-16-9-7-11-18(28-6-2)19(16)29-20(22)23;/h7,9,11,20H,5-6,8,10,12-13H2,1-4H3,(H2,24,25,26);1H. The van der Waals surface area contributed by atoms with Gasteiger partial charge in [0, 0.05) is 24.2 Å². The molecule has 0 aliphatic rings. The maximum Gasteiger partial charge on any atom is 0.387 e. The van der Waals surface area contributed by atoms with Gasteiger partial charge in [-0.15, -0.1) is 24.0 Å². The van der Waals surface area contributed by atoms with E-state index in [9.17, 15) is 8.78 Å². The van der Waals surface area contributed by atoms with E-state index < -0.39 is 6.61 Å². The lowest BCUT2D eigenvalue weighted by Crippen LogP contribution is -2.37. The first-order valence-corrected chi connectivity index (χ1v) is 10.1. The van der Waals surface area contributed by atoms with Crippen LogP contribution in [0.4, 0.5) is 8.78 Å². The molecule has 0 amide bonds. The molecule has 0 fully saturated rings. The molecule has 1 heterocycles. The molecule has 1 aromatic heterocycles. The predicted octanol–water partition coefficient (Wildman–Crippen LogP) is 4.60. The zero-order valence-corrected chi connectivity index (χ0v) is 20.7. The zero-order valence-electron chi connectivity index (χ0n) is 18.3. The Bertz CT molecular complexity index is 811. The fourth-order valence-electron chi connectivity index (χ4n) is 3.01. The summed E-state index contributed by atoms with van der Waals surface area (Å²) in [6, 6.07) is 5.04. The molecule has 0 aliphatic heterocycles. The monoisotopic (exact) mass is 552 g/mol. The molecular weight excluding hydrogens is 521 g/mol. The summed E-state index contributed by atoms with van der Waals surface area (Å²) in [5.74, 6) is 1.74. The molecule has 2 rings (SSSR count). The number of rotatable bonds is 11. The molecular formula is C21H31F2IN4O3. The van der Waals surface area contributed by atoms with Gasteiger partial charge in [-0.05, 0) is 46.6 Å². The highest BCUT2D eigenvalue weighted by Gasteiger charge is 2.15. The fraction of sp³-hybridized carbons (Fsp3) is 0.524. The lowest BCUT2D eigenvalue weighted by atomic mass is 10.1. The van der Waals surface area contributed by atoms with E-state index in [0.717, 1.165) is 29.9 Å². The molecule has 2 N–H and O–H groups in total. The smallest absolute Gasteiger partial charge is 0.387 e. The van der Waals surface area contributed by atoms with Crippen LogP contribution < -0.4 is 20.1 Å². The number of aliphatic imine (C=N–C) groups is 1. The van der Waals surface area contributed by atoms with Gasteiger partial charge in [0.05, 0.1) is 18.8 Å². The van der Waals surface area contributed by atoms with Crippen molar-refractivity contribution >= 4 is 29.9 Å². The molecule has 0 saturated carbocycles. The van der Waals surface area contributed by atoms with Crippen LogP contribution in [0.1, 0.15) is 42.8 Å². The van der Waals surface area contributed by atoms with Gasteiger partial charge in [-0.1, -0.05) is 17.3 Å². The molecule has 0 aliphatic carbocycles. The molecule has 0 bridgehead atoms. The van der Waals surface area contributed by atoms with E-state index >= 15 is 0 Å². The molecule has 0 atom stereocenters. The van der Waals surface area contributed by atoms with Crippen molar-refractivity contribution in [3.63, 3.8) is 0 Å². The van der Waals surface area contributed by atoms with Crippen molar-refractivity contribution in [1.29, 1.82) is 0 Å². The second-order valence-corrected chi connectivity index (χ2v) is 6.58. The number of aromatic nitrogens is 1. The van der Waals surface area contributed by atoms with Crippen LogP contribution >= 0.6 is 24.0 Å². The normalized spacial score (nSPS) is 11.3. The van der Waals surface area contributed by atoms with E-state index in [1.165, 1.54) is 0 Å². The van der Waals surface area contributed by atoms with Crippen LogP contribution in [0.15, 0.2) is 27.7 Å². The van der Waals surface area contributed by atoms with Gasteiger partial charge in [0.2, 0.25) is 0 Å².